The van der Waals surface area contributed by atoms with Gasteiger partial charge in [-0.05, 0) is 25.1 Å². The van der Waals surface area contributed by atoms with Crippen molar-refractivity contribution in [3.63, 3.8) is 0 Å². The quantitative estimate of drug-likeness (QED) is 0.782. The molecule has 1 rings (SSSR count). The molecule has 1 atom stereocenters. The first-order chi connectivity index (χ1) is 9.43. The fraction of sp³-hybridized carbons (Fsp3) is 0.385. The Morgan fingerprint density at radius 1 is 1.45 bits per heavy atom. The van der Waals surface area contributed by atoms with Gasteiger partial charge in [0.1, 0.15) is 17.1 Å². The molecule has 1 aromatic carbocycles. The number of carboxylic acid groups (broad SMARTS) is 1. The molecule has 0 bridgehead atoms. The highest BCUT2D eigenvalue weighted by atomic mass is 19.1. The van der Waals surface area contributed by atoms with E-state index in [4.69, 9.17) is 14.6 Å². The third kappa shape index (κ3) is 4.85. The maximum absolute atomic E-state index is 13.0. The van der Waals surface area contributed by atoms with E-state index in [2.05, 4.69) is 5.32 Å². The van der Waals surface area contributed by atoms with Crippen LogP contribution in [-0.4, -0.2) is 43.3 Å². The first-order valence-electron chi connectivity index (χ1n) is 5.88. The minimum Gasteiger partial charge on any atom is -0.483 e. The molecule has 20 heavy (non-hydrogen) atoms. The zero-order valence-corrected chi connectivity index (χ0v) is 11.2. The van der Waals surface area contributed by atoms with E-state index in [1.54, 1.807) is 6.92 Å². The fourth-order valence-corrected chi connectivity index (χ4v) is 1.55. The van der Waals surface area contributed by atoms with E-state index in [0.29, 0.717) is 6.61 Å². The molecule has 0 saturated heterocycles. The van der Waals surface area contributed by atoms with Crippen molar-refractivity contribution in [3.05, 3.63) is 29.6 Å². The Kier molecular flexibility index (Phi) is 5.92. The summed E-state index contributed by atoms with van der Waals surface area (Å²) in [4.78, 5) is 22.5. The molecule has 6 nitrogen and oxygen atoms in total. The van der Waals surface area contributed by atoms with Crippen LogP contribution in [0.25, 0.3) is 0 Å². The third-order valence-electron chi connectivity index (χ3n) is 2.35. The molecule has 2 N–H and O–H groups in total. The molecule has 1 amide bonds. The van der Waals surface area contributed by atoms with Crippen LogP contribution in [0.3, 0.4) is 0 Å². The van der Waals surface area contributed by atoms with Gasteiger partial charge in [-0.25, -0.2) is 9.18 Å². The Labute approximate surface area is 115 Å². The normalized spacial score (nSPS) is 11.8. The van der Waals surface area contributed by atoms with Gasteiger partial charge in [0, 0.05) is 13.2 Å². The number of carboxylic acids is 1. The molecule has 0 aliphatic carbocycles. The molecular formula is C13H16FNO5. The summed E-state index contributed by atoms with van der Waals surface area (Å²) < 4.78 is 22.9. The molecular weight excluding hydrogens is 269 g/mol. The molecule has 110 valence electrons. The fourth-order valence-electron chi connectivity index (χ4n) is 1.55. The lowest BCUT2D eigenvalue weighted by Crippen LogP contribution is -2.38. The average Bonchev–Trinajstić information content (AvgIpc) is 2.37. The van der Waals surface area contributed by atoms with Crippen LogP contribution in [0.5, 0.6) is 5.75 Å². The monoisotopic (exact) mass is 285 g/mol. The van der Waals surface area contributed by atoms with Gasteiger partial charge < -0.3 is 19.9 Å². The van der Waals surface area contributed by atoms with Crippen molar-refractivity contribution in [1.29, 1.82) is 0 Å². The number of hydrogen-bond donors (Lipinski definition) is 2. The molecule has 0 spiro atoms. The molecule has 7 heteroatoms. The first-order valence-corrected chi connectivity index (χ1v) is 5.88. The van der Waals surface area contributed by atoms with Gasteiger partial charge in [-0.1, -0.05) is 0 Å². The minimum absolute atomic E-state index is 0.0616. The summed E-state index contributed by atoms with van der Waals surface area (Å²) in [5.41, 5.74) is -0.331. The third-order valence-corrected chi connectivity index (χ3v) is 2.35. The lowest BCUT2D eigenvalue weighted by atomic mass is 10.2. The van der Waals surface area contributed by atoms with Crippen molar-refractivity contribution in [1.82, 2.24) is 5.32 Å². The van der Waals surface area contributed by atoms with Crippen LogP contribution < -0.4 is 10.1 Å². The molecule has 0 aliphatic rings. The van der Waals surface area contributed by atoms with Crippen LogP contribution in [0.2, 0.25) is 0 Å². The summed E-state index contributed by atoms with van der Waals surface area (Å²) in [5, 5.41) is 11.5. The van der Waals surface area contributed by atoms with Gasteiger partial charge in [0.2, 0.25) is 0 Å². The van der Waals surface area contributed by atoms with E-state index < -0.39 is 17.7 Å². The number of carbonyl (C=O) groups is 2. The molecule has 1 aromatic rings. The van der Waals surface area contributed by atoms with Gasteiger partial charge in [0.15, 0.2) is 6.61 Å². The predicted molar refractivity (Wildman–Crippen MR) is 68.3 cm³/mol. The highest BCUT2D eigenvalue weighted by Gasteiger charge is 2.14. The van der Waals surface area contributed by atoms with Crippen LogP contribution >= 0.6 is 0 Å². The van der Waals surface area contributed by atoms with Crippen molar-refractivity contribution in [3.8, 4) is 5.75 Å². The number of nitrogens with one attached hydrogen (secondary N) is 1. The van der Waals surface area contributed by atoms with Crippen molar-refractivity contribution >= 4 is 11.9 Å². The lowest BCUT2D eigenvalue weighted by molar-refractivity contribution is -0.124. The number of rotatable bonds is 7. The molecule has 0 aliphatic heterocycles. The maximum Gasteiger partial charge on any atom is 0.339 e. The largest absolute Gasteiger partial charge is 0.483 e. The summed E-state index contributed by atoms with van der Waals surface area (Å²) >= 11 is 0. The van der Waals surface area contributed by atoms with Gasteiger partial charge in [-0.3, -0.25) is 4.79 Å². The highest BCUT2D eigenvalue weighted by molar-refractivity contribution is 5.91. The van der Waals surface area contributed by atoms with Crippen LogP contribution in [0.4, 0.5) is 4.39 Å². The molecule has 0 aromatic heterocycles. The molecule has 0 fully saturated rings. The first kappa shape index (κ1) is 15.9. The number of halogens is 1. The van der Waals surface area contributed by atoms with Gasteiger partial charge >= 0.3 is 5.97 Å². The Hall–Kier alpha value is -2.15. The van der Waals surface area contributed by atoms with Gasteiger partial charge in [0.25, 0.3) is 5.91 Å². The van der Waals surface area contributed by atoms with Crippen molar-refractivity contribution < 1.29 is 28.6 Å². The van der Waals surface area contributed by atoms with Crippen molar-refractivity contribution in [2.75, 3.05) is 20.3 Å². The number of methoxy groups -OCH3 is 1. The summed E-state index contributed by atoms with van der Waals surface area (Å²) in [6, 6.07) is 2.88. The van der Waals surface area contributed by atoms with E-state index in [9.17, 15) is 14.0 Å². The van der Waals surface area contributed by atoms with Crippen LogP contribution in [0.1, 0.15) is 17.3 Å². The zero-order chi connectivity index (χ0) is 15.1. The van der Waals surface area contributed by atoms with Crippen molar-refractivity contribution in [2.45, 2.75) is 13.0 Å². The topological polar surface area (TPSA) is 84.9 Å². The van der Waals surface area contributed by atoms with E-state index >= 15 is 0 Å². The minimum atomic E-state index is -1.33. The summed E-state index contributed by atoms with van der Waals surface area (Å²) in [7, 11) is 1.51. The number of amides is 1. The lowest BCUT2D eigenvalue weighted by Gasteiger charge is -2.13. The Morgan fingerprint density at radius 2 is 2.15 bits per heavy atom. The predicted octanol–water partition coefficient (Wildman–Crippen LogP) is 1.05. The second-order valence-electron chi connectivity index (χ2n) is 4.16. The highest BCUT2D eigenvalue weighted by Crippen LogP contribution is 2.19. The number of carbonyl (C=O) groups excluding carboxylic acids is 1. The average molecular weight is 285 g/mol. The molecule has 1 unspecified atom stereocenters. The Balaban J connectivity index is 2.61. The number of hydrogen-bond acceptors (Lipinski definition) is 4. The van der Waals surface area contributed by atoms with Crippen LogP contribution in [0.15, 0.2) is 18.2 Å². The van der Waals surface area contributed by atoms with Gasteiger partial charge in [0.05, 0.1) is 6.61 Å². The molecule has 0 heterocycles. The van der Waals surface area contributed by atoms with Gasteiger partial charge in [-0.15, -0.1) is 0 Å². The van der Waals surface area contributed by atoms with E-state index in [1.165, 1.54) is 13.2 Å². The van der Waals surface area contributed by atoms with Crippen molar-refractivity contribution in [2.24, 2.45) is 0 Å². The van der Waals surface area contributed by atoms with E-state index in [-0.39, 0.29) is 24.0 Å². The smallest absolute Gasteiger partial charge is 0.339 e. The SMILES string of the molecule is COCC(C)NC(=O)COc1ccc(F)cc1C(=O)O. The molecule has 0 radical (unpaired) electrons. The summed E-state index contributed by atoms with van der Waals surface area (Å²) in [6.45, 7) is 1.74. The zero-order valence-electron chi connectivity index (χ0n) is 11.2. The maximum atomic E-state index is 13.0. The standard InChI is InChI=1S/C13H16FNO5/c1-8(6-19-2)15-12(16)7-20-11-4-3-9(14)5-10(11)13(17)18/h3-5,8H,6-7H2,1-2H3,(H,15,16)(H,17,18). The van der Waals surface area contributed by atoms with Crippen LogP contribution in [0, 0.1) is 5.82 Å². The Morgan fingerprint density at radius 3 is 2.75 bits per heavy atom. The number of ether oxygens (including phenoxy) is 2. The summed E-state index contributed by atoms with van der Waals surface area (Å²) in [6.07, 6.45) is 0. The molecule has 0 saturated carbocycles. The summed E-state index contributed by atoms with van der Waals surface area (Å²) in [5.74, 6) is -2.50. The van der Waals surface area contributed by atoms with E-state index in [0.717, 1.165) is 12.1 Å². The number of benzene rings is 1. The second kappa shape index (κ2) is 7.44. The number of aromatic carboxylic acids is 1. The Bertz CT molecular complexity index is 492. The van der Waals surface area contributed by atoms with E-state index in [1.807, 2.05) is 0 Å². The van der Waals surface area contributed by atoms with Gasteiger partial charge in [-0.2, -0.15) is 0 Å². The second-order valence-corrected chi connectivity index (χ2v) is 4.16. The van der Waals surface area contributed by atoms with Crippen LogP contribution in [-0.2, 0) is 9.53 Å².